The lowest BCUT2D eigenvalue weighted by Crippen LogP contribution is -2.31. The van der Waals surface area contributed by atoms with Gasteiger partial charge in [-0.05, 0) is 54.8 Å². The van der Waals surface area contributed by atoms with E-state index in [0.29, 0.717) is 11.3 Å². The van der Waals surface area contributed by atoms with Crippen LogP contribution in [0, 0.1) is 13.8 Å². The minimum absolute atomic E-state index is 0.141. The standard InChI is InChI=1S/C20H22N2O4/c1-13-4-7-16(10-14(13)2)20(25)22-17-8-5-15(6-9-17)11-18(23)21-12-19(24)26-3/h4-10H,11-12H2,1-3H3,(H,21,23)(H,22,25). The summed E-state index contributed by atoms with van der Waals surface area (Å²) in [5.74, 6) is -0.957. The van der Waals surface area contributed by atoms with Crippen LogP contribution in [0.3, 0.4) is 0 Å². The molecule has 0 bridgehead atoms. The molecular weight excluding hydrogens is 332 g/mol. The van der Waals surface area contributed by atoms with Gasteiger partial charge in [0, 0.05) is 11.3 Å². The molecule has 0 fully saturated rings. The van der Waals surface area contributed by atoms with Crippen molar-refractivity contribution in [3.63, 3.8) is 0 Å². The maximum absolute atomic E-state index is 12.3. The van der Waals surface area contributed by atoms with Gasteiger partial charge in [0.05, 0.1) is 13.5 Å². The van der Waals surface area contributed by atoms with Gasteiger partial charge in [0.25, 0.3) is 5.91 Å². The fraction of sp³-hybridized carbons (Fsp3) is 0.250. The van der Waals surface area contributed by atoms with E-state index in [-0.39, 0.29) is 24.8 Å². The molecule has 0 aliphatic carbocycles. The van der Waals surface area contributed by atoms with E-state index in [1.165, 1.54) is 7.11 Å². The number of esters is 1. The number of carbonyl (C=O) groups excluding carboxylic acids is 3. The van der Waals surface area contributed by atoms with Crippen molar-refractivity contribution in [1.82, 2.24) is 5.32 Å². The van der Waals surface area contributed by atoms with Crippen molar-refractivity contribution in [3.05, 3.63) is 64.7 Å². The lowest BCUT2D eigenvalue weighted by molar-refractivity contribution is -0.141. The van der Waals surface area contributed by atoms with Gasteiger partial charge in [0.1, 0.15) is 6.54 Å². The molecule has 0 saturated heterocycles. The molecule has 136 valence electrons. The molecular formula is C20H22N2O4. The fourth-order valence-electron chi connectivity index (χ4n) is 2.28. The van der Waals surface area contributed by atoms with E-state index in [1.54, 1.807) is 30.3 Å². The Morgan fingerprint density at radius 3 is 2.27 bits per heavy atom. The van der Waals surface area contributed by atoms with E-state index in [0.717, 1.165) is 16.7 Å². The highest BCUT2D eigenvalue weighted by Crippen LogP contribution is 2.14. The van der Waals surface area contributed by atoms with Crippen molar-refractivity contribution >= 4 is 23.5 Å². The minimum Gasteiger partial charge on any atom is -0.468 e. The zero-order valence-electron chi connectivity index (χ0n) is 15.1. The van der Waals surface area contributed by atoms with Crippen molar-refractivity contribution in [1.29, 1.82) is 0 Å². The molecule has 0 aliphatic heterocycles. The van der Waals surface area contributed by atoms with Gasteiger partial charge >= 0.3 is 5.97 Å². The van der Waals surface area contributed by atoms with Gasteiger partial charge in [0.2, 0.25) is 5.91 Å². The number of methoxy groups -OCH3 is 1. The van der Waals surface area contributed by atoms with Crippen LogP contribution >= 0.6 is 0 Å². The molecule has 0 heterocycles. The summed E-state index contributed by atoms with van der Waals surface area (Å²) in [4.78, 5) is 35.0. The van der Waals surface area contributed by atoms with Crippen LogP contribution in [0.2, 0.25) is 0 Å². The molecule has 26 heavy (non-hydrogen) atoms. The van der Waals surface area contributed by atoms with Gasteiger partial charge in [-0.2, -0.15) is 0 Å². The quantitative estimate of drug-likeness (QED) is 0.780. The maximum Gasteiger partial charge on any atom is 0.325 e. The number of hydrogen-bond acceptors (Lipinski definition) is 4. The Balaban J connectivity index is 1.92. The zero-order chi connectivity index (χ0) is 19.1. The molecule has 2 amide bonds. The highest BCUT2D eigenvalue weighted by molar-refractivity contribution is 6.04. The first-order valence-corrected chi connectivity index (χ1v) is 8.20. The first kappa shape index (κ1) is 19.2. The van der Waals surface area contributed by atoms with Crippen LogP contribution in [0.15, 0.2) is 42.5 Å². The molecule has 0 aliphatic rings. The summed E-state index contributed by atoms with van der Waals surface area (Å²) in [7, 11) is 1.26. The maximum atomic E-state index is 12.3. The number of anilines is 1. The van der Waals surface area contributed by atoms with Gasteiger partial charge in [-0.15, -0.1) is 0 Å². The molecule has 0 aromatic heterocycles. The highest BCUT2D eigenvalue weighted by atomic mass is 16.5. The van der Waals surface area contributed by atoms with Gasteiger partial charge in [0.15, 0.2) is 0 Å². The minimum atomic E-state index is -0.497. The number of aryl methyl sites for hydroxylation is 2. The zero-order valence-corrected chi connectivity index (χ0v) is 15.1. The number of hydrogen-bond donors (Lipinski definition) is 2. The monoisotopic (exact) mass is 354 g/mol. The molecule has 2 aromatic rings. The number of amides is 2. The SMILES string of the molecule is COC(=O)CNC(=O)Cc1ccc(NC(=O)c2ccc(C)c(C)c2)cc1. The molecule has 0 spiro atoms. The largest absolute Gasteiger partial charge is 0.468 e. The molecule has 0 saturated carbocycles. The second-order valence-corrected chi connectivity index (χ2v) is 5.98. The number of rotatable bonds is 6. The summed E-state index contributed by atoms with van der Waals surface area (Å²) >= 11 is 0. The Morgan fingerprint density at radius 2 is 1.65 bits per heavy atom. The van der Waals surface area contributed by atoms with Crippen LogP contribution < -0.4 is 10.6 Å². The average Bonchev–Trinajstić information content (AvgIpc) is 2.63. The third-order valence-corrected chi connectivity index (χ3v) is 4.00. The Kier molecular flexibility index (Phi) is 6.49. The Hall–Kier alpha value is -3.15. The lowest BCUT2D eigenvalue weighted by Gasteiger charge is -2.08. The van der Waals surface area contributed by atoms with Crippen LogP contribution in [-0.4, -0.2) is 31.4 Å². The number of ether oxygens (including phenoxy) is 1. The molecule has 2 aromatic carbocycles. The van der Waals surface area contributed by atoms with Crippen molar-refractivity contribution in [3.8, 4) is 0 Å². The summed E-state index contributed by atoms with van der Waals surface area (Å²) in [6, 6.07) is 12.5. The Morgan fingerprint density at radius 1 is 0.962 bits per heavy atom. The van der Waals surface area contributed by atoms with E-state index in [2.05, 4.69) is 15.4 Å². The van der Waals surface area contributed by atoms with Gasteiger partial charge in [-0.1, -0.05) is 18.2 Å². The normalized spacial score (nSPS) is 10.1. The predicted octanol–water partition coefficient (Wildman–Crippen LogP) is 2.39. The third kappa shape index (κ3) is 5.44. The van der Waals surface area contributed by atoms with Crippen molar-refractivity contribution in [2.45, 2.75) is 20.3 Å². The number of nitrogens with one attached hydrogen (secondary N) is 2. The first-order chi connectivity index (χ1) is 12.4. The van der Waals surface area contributed by atoms with E-state index in [9.17, 15) is 14.4 Å². The average molecular weight is 354 g/mol. The second-order valence-electron chi connectivity index (χ2n) is 5.98. The summed E-state index contributed by atoms with van der Waals surface area (Å²) in [5, 5.41) is 5.31. The number of carbonyl (C=O) groups is 3. The highest BCUT2D eigenvalue weighted by Gasteiger charge is 2.09. The summed E-state index contributed by atoms with van der Waals surface area (Å²) in [5.41, 5.74) is 4.21. The summed E-state index contributed by atoms with van der Waals surface area (Å²) in [6.07, 6.45) is 0.141. The molecule has 2 rings (SSSR count). The van der Waals surface area contributed by atoms with E-state index in [1.807, 2.05) is 26.0 Å². The van der Waals surface area contributed by atoms with Crippen molar-refractivity contribution in [2.75, 3.05) is 19.0 Å². The molecule has 6 nitrogen and oxygen atoms in total. The molecule has 2 N–H and O–H groups in total. The van der Waals surface area contributed by atoms with Crippen LogP contribution in [-0.2, 0) is 20.7 Å². The smallest absolute Gasteiger partial charge is 0.325 e. The van der Waals surface area contributed by atoms with Crippen molar-refractivity contribution in [2.24, 2.45) is 0 Å². The van der Waals surface area contributed by atoms with E-state index < -0.39 is 5.97 Å². The van der Waals surface area contributed by atoms with Gasteiger partial charge in [-0.25, -0.2) is 0 Å². The lowest BCUT2D eigenvalue weighted by atomic mass is 10.1. The second kappa shape index (κ2) is 8.80. The topological polar surface area (TPSA) is 84.5 Å². The summed E-state index contributed by atoms with van der Waals surface area (Å²) in [6.45, 7) is 3.81. The van der Waals surface area contributed by atoms with Crippen LogP contribution in [0.1, 0.15) is 27.0 Å². The van der Waals surface area contributed by atoms with Gasteiger partial charge < -0.3 is 15.4 Å². The fourth-order valence-corrected chi connectivity index (χ4v) is 2.28. The van der Waals surface area contributed by atoms with E-state index >= 15 is 0 Å². The van der Waals surface area contributed by atoms with Crippen LogP contribution in [0.25, 0.3) is 0 Å². The van der Waals surface area contributed by atoms with Gasteiger partial charge in [-0.3, -0.25) is 14.4 Å². The number of benzene rings is 2. The Labute approximate surface area is 152 Å². The summed E-state index contributed by atoms with van der Waals surface area (Å²) < 4.78 is 4.46. The predicted molar refractivity (Wildman–Crippen MR) is 99.0 cm³/mol. The van der Waals surface area contributed by atoms with Crippen LogP contribution in [0.5, 0.6) is 0 Å². The molecule has 0 unspecified atom stereocenters. The Bertz CT molecular complexity index is 813. The molecule has 6 heteroatoms. The molecule has 0 atom stereocenters. The third-order valence-electron chi connectivity index (χ3n) is 4.00. The van der Waals surface area contributed by atoms with Crippen molar-refractivity contribution < 1.29 is 19.1 Å². The van der Waals surface area contributed by atoms with Crippen LogP contribution in [0.4, 0.5) is 5.69 Å². The molecule has 0 radical (unpaired) electrons. The first-order valence-electron chi connectivity index (χ1n) is 8.20. The van der Waals surface area contributed by atoms with E-state index in [4.69, 9.17) is 0 Å².